The number of rotatable bonds is 3. The molecule has 3 atom stereocenters. The van der Waals surface area contributed by atoms with Crippen molar-refractivity contribution in [3.05, 3.63) is 0 Å². The monoisotopic (exact) mass is 226 g/mol. The highest BCUT2D eigenvalue weighted by molar-refractivity contribution is 5.81. The van der Waals surface area contributed by atoms with E-state index in [9.17, 15) is 4.79 Å². The van der Waals surface area contributed by atoms with E-state index in [1.54, 1.807) is 0 Å². The third-order valence-electron chi connectivity index (χ3n) is 3.89. The van der Waals surface area contributed by atoms with Gasteiger partial charge in [0.25, 0.3) is 0 Å². The molecule has 92 valence electrons. The zero-order valence-corrected chi connectivity index (χ0v) is 10.5. The molecule has 2 heterocycles. The molecular formula is C12H22N2O2. The number of carbonyl (C=O) groups is 1. The van der Waals surface area contributed by atoms with Gasteiger partial charge in [-0.25, -0.2) is 0 Å². The van der Waals surface area contributed by atoms with E-state index in [4.69, 9.17) is 4.74 Å². The summed E-state index contributed by atoms with van der Waals surface area (Å²) < 4.78 is 5.02. The lowest BCUT2D eigenvalue weighted by atomic mass is 9.78. The summed E-state index contributed by atoms with van der Waals surface area (Å²) in [5.41, 5.74) is -0.435. The van der Waals surface area contributed by atoms with Gasteiger partial charge < -0.3 is 9.64 Å². The average Bonchev–Trinajstić information content (AvgIpc) is 2.66. The van der Waals surface area contributed by atoms with Crippen LogP contribution in [0.2, 0.25) is 0 Å². The maximum absolute atomic E-state index is 12.1. The number of hydrogen-bond acceptors (Lipinski definition) is 4. The van der Waals surface area contributed by atoms with E-state index in [1.807, 2.05) is 0 Å². The zero-order valence-electron chi connectivity index (χ0n) is 10.5. The molecule has 16 heavy (non-hydrogen) atoms. The maximum Gasteiger partial charge on any atom is 0.326 e. The van der Waals surface area contributed by atoms with Crippen LogP contribution < -0.4 is 5.32 Å². The molecule has 2 saturated heterocycles. The predicted molar refractivity (Wildman–Crippen MR) is 62.2 cm³/mol. The standard InChI is InChI=1S/C12H22N2O2/c1-9(2)13-12(11(15)16-3)5-7-14-6-4-10(12)8-14/h9-10,13H,4-8H2,1-3H3. The first-order chi connectivity index (χ1) is 7.58. The van der Waals surface area contributed by atoms with E-state index in [-0.39, 0.29) is 5.97 Å². The zero-order chi connectivity index (χ0) is 11.8. The molecule has 2 fully saturated rings. The van der Waals surface area contributed by atoms with Crippen LogP contribution in [0.1, 0.15) is 26.7 Å². The van der Waals surface area contributed by atoms with Gasteiger partial charge in [0.15, 0.2) is 0 Å². The van der Waals surface area contributed by atoms with Crippen molar-refractivity contribution in [3.8, 4) is 0 Å². The number of nitrogens with zero attached hydrogens (tertiary/aromatic N) is 1. The lowest BCUT2D eigenvalue weighted by Crippen LogP contribution is -2.63. The summed E-state index contributed by atoms with van der Waals surface area (Å²) in [6, 6.07) is 0.311. The fraction of sp³-hybridized carbons (Fsp3) is 0.917. The van der Waals surface area contributed by atoms with Gasteiger partial charge in [-0.2, -0.15) is 0 Å². The second-order valence-corrected chi connectivity index (χ2v) is 5.30. The van der Waals surface area contributed by atoms with E-state index in [0.717, 1.165) is 32.5 Å². The van der Waals surface area contributed by atoms with Gasteiger partial charge in [-0.15, -0.1) is 0 Å². The predicted octanol–water partition coefficient (Wildman–Crippen LogP) is 0.622. The van der Waals surface area contributed by atoms with Crippen molar-refractivity contribution in [2.75, 3.05) is 26.7 Å². The van der Waals surface area contributed by atoms with Crippen LogP contribution in [0, 0.1) is 5.92 Å². The molecule has 1 N–H and O–H groups in total. The topological polar surface area (TPSA) is 41.6 Å². The van der Waals surface area contributed by atoms with Crippen molar-refractivity contribution < 1.29 is 9.53 Å². The fourth-order valence-electron chi connectivity index (χ4n) is 3.19. The Balaban J connectivity index is 2.22. The molecule has 4 heteroatoms. The van der Waals surface area contributed by atoms with Crippen LogP contribution in [0.15, 0.2) is 0 Å². The van der Waals surface area contributed by atoms with E-state index >= 15 is 0 Å². The lowest BCUT2D eigenvalue weighted by molar-refractivity contribution is -0.153. The van der Waals surface area contributed by atoms with Crippen molar-refractivity contribution in [2.45, 2.75) is 38.3 Å². The summed E-state index contributed by atoms with van der Waals surface area (Å²) >= 11 is 0. The first-order valence-corrected chi connectivity index (χ1v) is 6.17. The molecule has 2 rings (SSSR count). The van der Waals surface area contributed by atoms with Gasteiger partial charge in [-0.1, -0.05) is 0 Å². The first kappa shape index (κ1) is 11.9. The van der Waals surface area contributed by atoms with Crippen LogP contribution in [0.5, 0.6) is 0 Å². The summed E-state index contributed by atoms with van der Waals surface area (Å²) in [7, 11) is 1.49. The van der Waals surface area contributed by atoms with Crippen LogP contribution in [0.4, 0.5) is 0 Å². The molecule has 0 amide bonds. The second-order valence-electron chi connectivity index (χ2n) is 5.30. The van der Waals surface area contributed by atoms with Crippen molar-refractivity contribution >= 4 is 5.97 Å². The largest absolute Gasteiger partial charge is 0.468 e. The molecule has 0 saturated carbocycles. The minimum absolute atomic E-state index is 0.0762. The Kier molecular flexibility index (Phi) is 3.22. The maximum atomic E-state index is 12.1. The number of esters is 1. The third kappa shape index (κ3) is 1.84. The Bertz CT molecular complexity index is 280. The summed E-state index contributed by atoms with van der Waals surface area (Å²) in [6.45, 7) is 7.35. The molecule has 0 radical (unpaired) electrons. The number of ether oxygens (including phenoxy) is 1. The van der Waals surface area contributed by atoms with Gasteiger partial charge in [0.2, 0.25) is 0 Å². The number of fused-ring (bicyclic) bond motifs is 2. The summed E-state index contributed by atoms with van der Waals surface area (Å²) in [4.78, 5) is 14.5. The average molecular weight is 226 g/mol. The van der Waals surface area contributed by atoms with Crippen molar-refractivity contribution in [1.82, 2.24) is 10.2 Å². The number of hydrogen-bond donors (Lipinski definition) is 1. The van der Waals surface area contributed by atoms with Gasteiger partial charge in [-0.3, -0.25) is 10.1 Å². The highest BCUT2D eigenvalue weighted by Crippen LogP contribution is 2.36. The van der Waals surface area contributed by atoms with Crippen LogP contribution in [0.3, 0.4) is 0 Å². The minimum atomic E-state index is -0.435. The minimum Gasteiger partial charge on any atom is -0.468 e. The number of methoxy groups -OCH3 is 1. The van der Waals surface area contributed by atoms with Gasteiger partial charge in [0, 0.05) is 25.0 Å². The van der Waals surface area contributed by atoms with Crippen LogP contribution in [-0.4, -0.2) is 49.2 Å². The first-order valence-electron chi connectivity index (χ1n) is 6.17. The molecule has 4 nitrogen and oxygen atoms in total. The Morgan fingerprint density at radius 2 is 2.25 bits per heavy atom. The molecule has 0 aromatic heterocycles. The highest BCUT2D eigenvalue weighted by atomic mass is 16.5. The second kappa shape index (κ2) is 4.34. The highest BCUT2D eigenvalue weighted by Gasteiger charge is 2.52. The molecular weight excluding hydrogens is 204 g/mol. The van der Waals surface area contributed by atoms with Gasteiger partial charge in [-0.05, 0) is 33.2 Å². The van der Waals surface area contributed by atoms with Crippen molar-refractivity contribution in [1.29, 1.82) is 0 Å². The Labute approximate surface area is 97.3 Å². The van der Waals surface area contributed by atoms with Crippen LogP contribution in [-0.2, 0) is 9.53 Å². The Morgan fingerprint density at radius 3 is 2.88 bits per heavy atom. The summed E-state index contributed by atoms with van der Waals surface area (Å²) in [5.74, 6) is 0.337. The number of carbonyl (C=O) groups excluding carboxylic acids is 1. The summed E-state index contributed by atoms with van der Waals surface area (Å²) in [6.07, 6.45) is 1.98. The summed E-state index contributed by atoms with van der Waals surface area (Å²) in [5, 5.41) is 3.47. The molecule has 0 aliphatic carbocycles. The molecule has 0 aromatic rings. The smallest absolute Gasteiger partial charge is 0.326 e. The lowest BCUT2D eigenvalue weighted by Gasteiger charge is -2.42. The van der Waals surface area contributed by atoms with Gasteiger partial charge >= 0.3 is 5.97 Å². The van der Waals surface area contributed by atoms with E-state index < -0.39 is 5.54 Å². The van der Waals surface area contributed by atoms with Crippen molar-refractivity contribution in [3.63, 3.8) is 0 Å². The number of piperidine rings is 1. The SMILES string of the molecule is COC(=O)C1(NC(C)C)CCN2CCC1C2. The van der Waals surface area contributed by atoms with E-state index in [2.05, 4.69) is 24.1 Å². The Morgan fingerprint density at radius 1 is 1.50 bits per heavy atom. The fourth-order valence-corrected chi connectivity index (χ4v) is 3.19. The van der Waals surface area contributed by atoms with Gasteiger partial charge in [0.05, 0.1) is 7.11 Å². The van der Waals surface area contributed by atoms with Crippen LogP contribution >= 0.6 is 0 Å². The molecule has 2 aliphatic heterocycles. The van der Waals surface area contributed by atoms with Crippen LogP contribution in [0.25, 0.3) is 0 Å². The van der Waals surface area contributed by atoms with Gasteiger partial charge in [0.1, 0.15) is 5.54 Å². The molecule has 2 aliphatic rings. The molecule has 0 aromatic carbocycles. The van der Waals surface area contributed by atoms with Crippen molar-refractivity contribution in [2.24, 2.45) is 5.92 Å². The normalized spacial score (nSPS) is 37.8. The molecule has 0 spiro atoms. The Hall–Kier alpha value is -0.610. The van der Waals surface area contributed by atoms with E-state index in [0.29, 0.717) is 12.0 Å². The van der Waals surface area contributed by atoms with E-state index in [1.165, 1.54) is 7.11 Å². The third-order valence-corrected chi connectivity index (χ3v) is 3.89. The molecule has 3 unspecified atom stereocenters. The molecule has 2 bridgehead atoms. The number of nitrogens with one attached hydrogen (secondary N) is 1. The quantitative estimate of drug-likeness (QED) is 0.716.